The molecule has 0 aromatic heterocycles. The van der Waals surface area contributed by atoms with E-state index in [2.05, 4.69) is 31.3 Å². The standard InChI is InChI=1S/C69H137N2O6P/c1-6-8-10-12-14-16-18-20-22-24-26-28-30-31-32-33-34-35-36-37-38-39-41-43-45-47-49-51-53-55-57-59-61-63-69(73)70-67(66-77-78(74,75)76-65-64-71(3,4)5)68(72)62-60-58-56-54-52-50-48-46-44-42-40-29-27-25-23-21-19-17-15-13-11-9-7-2/h24,26,60,62,67-68,72H,6-23,25,27-59,61,63-66H2,1-5H3,(H-,70,73,74,75)/p+1/b26-24-,62-60+. The van der Waals surface area contributed by atoms with Crippen LogP contribution in [0, 0.1) is 0 Å². The number of quaternary nitrogens is 1. The SMILES string of the molecule is CCCCCCCCCC/C=C\CCCCCCCCCCCCCCCCCCCCCCCC(=O)NC(COP(=O)(O)OCC[N+](C)(C)C)C(O)/C=C/CCCCCCCCCCCCCCCCCCCCCCC. The van der Waals surface area contributed by atoms with Crippen molar-refractivity contribution in [3.63, 3.8) is 0 Å². The molecule has 8 nitrogen and oxygen atoms in total. The van der Waals surface area contributed by atoms with E-state index in [1.165, 1.54) is 308 Å². The van der Waals surface area contributed by atoms with Crippen LogP contribution in [0.15, 0.2) is 24.3 Å². The van der Waals surface area contributed by atoms with Crippen LogP contribution in [-0.2, 0) is 18.4 Å². The highest BCUT2D eigenvalue weighted by Crippen LogP contribution is 2.43. The van der Waals surface area contributed by atoms with Crippen LogP contribution in [0.1, 0.15) is 361 Å². The van der Waals surface area contributed by atoms with Gasteiger partial charge in [0.2, 0.25) is 5.91 Å². The number of carbonyl (C=O) groups excluding carboxylic acids is 1. The van der Waals surface area contributed by atoms with Gasteiger partial charge in [-0.05, 0) is 44.9 Å². The summed E-state index contributed by atoms with van der Waals surface area (Å²) >= 11 is 0. The van der Waals surface area contributed by atoms with Crippen LogP contribution in [0.25, 0.3) is 0 Å². The lowest BCUT2D eigenvalue weighted by atomic mass is 10.0. The number of hydrogen-bond donors (Lipinski definition) is 3. The number of nitrogens with zero attached hydrogens (tertiary/aromatic N) is 1. The molecule has 0 aliphatic heterocycles. The number of phosphoric acid groups is 1. The molecule has 0 rings (SSSR count). The average molecular weight is 1120 g/mol. The fraction of sp³-hybridized carbons (Fsp3) is 0.928. The summed E-state index contributed by atoms with van der Waals surface area (Å²) in [5, 5.41) is 14.0. The molecule has 0 saturated heterocycles. The zero-order chi connectivity index (χ0) is 57.0. The number of hydrogen-bond acceptors (Lipinski definition) is 5. The van der Waals surface area contributed by atoms with Gasteiger partial charge in [0.15, 0.2) is 0 Å². The number of phosphoric ester groups is 1. The summed E-state index contributed by atoms with van der Waals surface area (Å²) < 4.78 is 23.8. The van der Waals surface area contributed by atoms with Crippen molar-refractivity contribution in [3.8, 4) is 0 Å². The van der Waals surface area contributed by atoms with Crippen LogP contribution in [0.5, 0.6) is 0 Å². The third-order valence-corrected chi connectivity index (χ3v) is 17.1. The smallest absolute Gasteiger partial charge is 0.387 e. The molecule has 78 heavy (non-hydrogen) atoms. The molecule has 0 aromatic carbocycles. The molecule has 0 aromatic rings. The Balaban J connectivity index is 4.01. The van der Waals surface area contributed by atoms with E-state index in [-0.39, 0.29) is 19.1 Å². The Labute approximate surface area is 487 Å². The molecule has 3 atom stereocenters. The summed E-state index contributed by atoms with van der Waals surface area (Å²) in [6.45, 7) is 4.88. The molecule has 0 aliphatic rings. The van der Waals surface area contributed by atoms with Gasteiger partial charge in [0.25, 0.3) is 0 Å². The lowest BCUT2D eigenvalue weighted by molar-refractivity contribution is -0.870. The molecule has 3 N–H and O–H groups in total. The maximum absolute atomic E-state index is 13.0. The van der Waals surface area contributed by atoms with E-state index in [4.69, 9.17) is 9.05 Å². The number of amides is 1. The summed E-state index contributed by atoms with van der Waals surface area (Å²) in [6.07, 6.45) is 79.0. The summed E-state index contributed by atoms with van der Waals surface area (Å²) in [4.78, 5) is 23.4. The normalized spacial score (nSPS) is 13.8. The number of likely N-dealkylation sites (N-methyl/N-ethyl adjacent to an activating group) is 1. The Morgan fingerprint density at radius 1 is 0.423 bits per heavy atom. The van der Waals surface area contributed by atoms with Gasteiger partial charge in [-0.25, -0.2) is 4.57 Å². The predicted molar refractivity (Wildman–Crippen MR) is 342 cm³/mol. The van der Waals surface area contributed by atoms with E-state index in [0.29, 0.717) is 17.4 Å². The quantitative estimate of drug-likeness (QED) is 0.0243. The number of rotatable bonds is 65. The van der Waals surface area contributed by atoms with Crippen molar-refractivity contribution in [2.45, 2.75) is 373 Å². The fourth-order valence-corrected chi connectivity index (χ4v) is 11.5. The molecule has 3 unspecified atom stereocenters. The van der Waals surface area contributed by atoms with Gasteiger partial charge in [-0.3, -0.25) is 13.8 Å². The molecular weight excluding hydrogens is 984 g/mol. The minimum atomic E-state index is -4.35. The van der Waals surface area contributed by atoms with Crippen LogP contribution in [0.3, 0.4) is 0 Å². The summed E-state index contributed by atoms with van der Waals surface area (Å²) in [5.41, 5.74) is 0. The molecular formula is C69H138N2O6P+. The van der Waals surface area contributed by atoms with Crippen LogP contribution < -0.4 is 5.32 Å². The summed E-state index contributed by atoms with van der Waals surface area (Å²) in [5.74, 6) is -0.168. The van der Waals surface area contributed by atoms with Crippen molar-refractivity contribution in [2.75, 3.05) is 40.9 Å². The molecule has 1 amide bonds. The van der Waals surface area contributed by atoms with E-state index in [0.717, 1.165) is 32.1 Å². The fourth-order valence-electron chi connectivity index (χ4n) is 10.7. The first kappa shape index (κ1) is 77.0. The van der Waals surface area contributed by atoms with Crippen molar-refractivity contribution in [2.24, 2.45) is 0 Å². The Bertz CT molecular complexity index is 1320. The van der Waals surface area contributed by atoms with Crippen LogP contribution in [-0.4, -0.2) is 73.4 Å². The third-order valence-electron chi connectivity index (χ3n) is 16.2. The molecule has 9 heteroatoms. The second-order valence-electron chi connectivity index (χ2n) is 25.3. The Morgan fingerprint density at radius 3 is 0.987 bits per heavy atom. The number of aliphatic hydroxyl groups is 1. The number of allylic oxidation sites excluding steroid dienone is 3. The lowest BCUT2D eigenvalue weighted by Crippen LogP contribution is -2.45. The number of nitrogens with one attached hydrogen (secondary N) is 1. The van der Waals surface area contributed by atoms with E-state index in [1.807, 2.05) is 27.2 Å². The maximum atomic E-state index is 13.0. The Kier molecular flexibility index (Phi) is 59.8. The molecule has 0 saturated carbocycles. The second kappa shape index (κ2) is 60.6. The zero-order valence-electron chi connectivity index (χ0n) is 53.2. The van der Waals surface area contributed by atoms with Gasteiger partial charge in [0.05, 0.1) is 39.9 Å². The highest BCUT2D eigenvalue weighted by atomic mass is 31.2. The van der Waals surface area contributed by atoms with E-state index < -0.39 is 20.0 Å². The highest BCUT2D eigenvalue weighted by molar-refractivity contribution is 7.47. The van der Waals surface area contributed by atoms with E-state index in [1.54, 1.807) is 6.08 Å². The molecule has 464 valence electrons. The second-order valence-corrected chi connectivity index (χ2v) is 26.7. The lowest BCUT2D eigenvalue weighted by Gasteiger charge is -2.25. The van der Waals surface area contributed by atoms with Crippen molar-refractivity contribution in [3.05, 3.63) is 24.3 Å². The first-order valence-corrected chi connectivity index (χ1v) is 36.2. The highest BCUT2D eigenvalue weighted by Gasteiger charge is 2.28. The van der Waals surface area contributed by atoms with E-state index in [9.17, 15) is 19.4 Å². The molecule has 0 heterocycles. The van der Waals surface area contributed by atoms with Crippen molar-refractivity contribution in [1.29, 1.82) is 0 Å². The predicted octanol–water partition coefficient (Wildman–Crippen LogP) is 21.9. The third kappa shape index (κ3) is 62.6. The molecule has 0 aliphatic carbocycles. The first-order chi connectivity index (χ1) is 38.0. The minimum Gasteiger partial charge on any atom is -0.387 e. The van der Waals surface area contributed by atoms with Gasteiger partial charge in [-0.2, -0.15) is 0 Å². The molecule has 0 fully saturated rings. The van der Waals surface area contributed by atoms with Crippen LogP contribution in [0.2, 0.25) is 0 Å². The molecule has 0 radical (unpaired) electrons. The van der Waals surface area contributed by atoms with E-state index >= 15 is 0 Å². The minimum absolute atomic E-state index is 0.0645. The summed E-state index contributed by atoms with van der Waals surface area (Å²) in [6, 6.07) is -0.845. The monoisotopic (exact) mass is 1120 g/mol. The van der Waals surface area contributed by atoms with Crippen LogP contribution in [0.4, 0.5) is 0 Å². The topological polar surface area (TPSA) is 105 Å². The largest absolute Gasteiger partial charge is 0.472 e. The van der Waals surface area contributed by atoms with Crippen molar-refractivity contribution in [1.82, 2.24) is 5.32 Å². The number of carbonyl (C=O) groups is 1. The van der Waals surface area contributed by atoms with Gasteiger partial charge >= 0.3 is 7.82 Å². The number of aliphatic hydroxyl groups excluding tert-OH is 1. The Hall–Kier alpha value is -1.02. The average Bonchev–Trinajstić information content (AvgIpc) is 3.41. The van der Waals surface area contributed by atoms with Gasteiger partial charge < -0.3 is 19.8 Å². The molecule has 0 spiro atoms. The van der Waals surface area contributed by atoms with Gasteiger partial charge in [-0.15, -0.1) is 0 Å². The summed E-state index contributed by atoms with van der Waals surface area (Å²) in [7, 11) is 1.59. The molecule has 0 bridgehead atoms. The van der Waals surface area contributed by atoms with Crippen molar-refractivity contribution < 1.29 is 32.9 Å². The van der Waals surface area contributed by atoms with Gasteiger partial charge in [-0.1, -0.05) is 334 Å². The number of unbranched alkanes of at least 4 members (excludes halogenated alkanes) is 50. The van der Waals surface area contributed by atoms with Crippen molar-refractivity contribution >= 4 is 13.7 Å². The maximum Gasteiger partial charge on any atom is 0.472 e. The zero-order valence-corrected chi connectivity index (χ0v) is 54.1. The van der Waals surface area contributed by atoms with Crippen LogP contribution >= 0.6 is 7.82 Å². The van der Waals surface area contributed by atoms with Gasteiger partial charge in [0.1, 0.15) is 13.2 Å². The Morgan fingerprint density at radius 2 is 0.692 bits per heavy atom. The first-order valence-electron chi connectivity index (χ1n) is 34.7. The van der Waals surface area contributed by atoms with Gasteiger partial charge in [0, 0.05) is 6.42 Å².